The molecule has 1 atom stereocenters. The molecular weight excluding hydrogens is 641 g/mol. The van der Waals surface area contributed by atoms with Gasteiger partial charge in [-0.3, -0.25) is 13.9 Å². The van der Waals surface area contributed by atoms with Crippen molar-refractivity contribution in [3.8, 4) is 0 Å². The molecule has 4 aromatic rings. The molecule has 0 saturated heterocycles. The van der Waals surface area contributed by atoms with Gasteiger partial charge in [-0.1, -0.05) is 96.2 Å². The first kappa shape index (κ1) is 33.5. The van der Waals surface area contributed by atoms with Crippen molar-refractivity contribution in [3.63, 3.8) is 0 Å². The third kappa shape index (κ3) is 8.49. The molecule has 1 saturated carbocycles. The van der Waals surface area contributed by atoms with Crippen molar-refractivity contribution in [1.29, 1.82) is 0 Å². The third-order valence-electron chi connectivity index (χ3n) is 8.24. The predicted octanol–water partition coefficient (Wildman–Crippen LogP) is 7.20. The number of amides is 2. The van der Waals surface area contributed by atoms with Gasteiger partial charge in [0.2, 0.25) is 11.8 Å². The first-order valence-electron chi connectivity index (χ1n) is 15.3. The molecule has 4 aromatic carbocycles. The Morgan fingerprint density at radius 1 is 0.804 bits per heavy atom. The largest absolute Gasteiger partial charge is 0.352 e. The number of benzene rings is 4. The number of nitrogens with zero attached hydrogens (tertiary/aromatic N) is 2. The number of aryl methyl sites for hydroxylation is 1. The molecule has 0 aliphatic heterocycles. The number of halogens is 2. The van der Waals surface area contributed by atoms with Gasteiger partial charge in [-0.25, -0.2) is 8.42 Å². The predicted molar refractivity (Wildman–Crippen MR) is 183 cm³/mol. The van der Waals surface area contributed by atoms with E-state index in [1.54, 1.807) is 60.7 Å². The number of hydrogen-bond acceptors (Lipinski definition) is 4. The van der Waals surface area contributed by atoms with Gasteiger partial charge in [0.05, 0.1) is 10.6 Å². The van der Waals surface area contributed by atoms with Crippen LogP contribution in [0, 0.1) is 6.92 Å². The number of anilines is 1. The summed E-state index contributed by atoms with van der Waals surface area (Å²) >= 11 is 12.3. The molecule has 10 heteroatoms. The van der Waals surface area contributed by atoms with Crippen molar-refractivity contribution >= 4 is 50.7 Å². The Balaban J connectivity index is 1.55. The van der Waals surface area contributed by atoms with Crippen LogP contribution in [0.15, 0.2) is 108 Å². The van der Waals surface area contributed by atoms with E-state index in [2.05, 4.69) is 5.32 Å². The maximum absolute atomic E-state index is 14.6. The van der Waals surface area contributed by atoms with E-state index in [1.165, 1.54) is 17.0 Å². The van der Waals surface area contributed by atoms with Crippen LogP contribution in [-0.4, -0.2) is 43.8 Å². The molecule has 1 aliphatic rings. The molecule has 5 rings (SSSR count). The van der Waals surface area contributed by atoms with Crippen molar-refractivity contribution in [1.82, 2.24) is 10.2 Å². The van der Waals surface area contributed by atoms with Crippen molar-refractivity contribution in [2.45, 2.75) is 62.6 Å². The molecule has 240 valence electrons. The van der Waals surface area contributed by atoms with Crippen molar-refractivity contribution in [2.75, 3.05) is 10.8 Å². The average molecular weight is 679 g/mol. The zero-order valence-corrected chi connectivity index (χ0v) is 27.9. The van der Waals surface area contributed by atoms with E-state index in [0.29, 0.717) is 10.0 Å². The summed E-state index contributed by atoms with van der Waals surface area (Å²) in [6, 6.07) is 28.5. The summed E-state index contributed by atoms with van der Waals surface area (Å²) in [5, 5.41) is 4.15. The minimum Gasteiger partial charge on any atom is -0.352 e. The molecule has 0 aromatic heterocycles. The van der Waals surface area contributed by atoms with Crippen LogP contribution >= 0.6 is 23.2 Å². The monoisotopic (exact) mass is 677 g/mol. The summed E-state index contributed by atoms with van der Waals surface area (Å²) in [7, 11) is -4.19. The summed E-state index contributed by atoms with van der Waals surface area (Å²) in [6.07, 6.45) is 4.09. The van der Waals surface area contributed by atoms with Crippen LogP contribution in [-0.2, 0) is 32.6 Å². The van der Waals surface area contributed by atoms with Gasteiger partial charge in [-0.2, -0.15) is 0 Å². The quantitative estimate of drug-likeness (QED) is 0.172. The zero-order chi connectivity index (χ0) is 32.7. The van der Waals surface area contributed by atoms with Crippen molar-refractivity contribution in [2.24, 2.45) is 0 Å². The Kier molecular flexibility index (Phi) is 11.0. The van der Waals surface area contributed by atoms with Gasteiger partial charge < -0.3 is 10.2 Å². The van der Waals surface area contributed by atoms with E-state index in [-0.39, 0.29) is 35.5 Å². The number of rotatable bonds is 12. The van der Waals surface area contributed by atoms with Crippen molar-refractivity contribution < 1.29 is 18.0 Å². The Bertz CT molecular complexity index is 1730. The summed E-state index contributed by atoms with van der Waals surface area (Å²) in [5.41, 5.74) is 2.81. The lowest BCUT2D eigenvalue weighted by Gasteiger charge is -2.34. The standard InChI is InChI=1S/C36H37Cl2N3O4S/c1-26-11-21-33(22-12-26)46(44,45)41(32-19-17-30(38)18-20-32)25-35(42)40(24-28-13-15-29(37)16-14-28)34(23-27-7-3-2-4-8-27)36(43)39-31-9-5-6-10-31/h2-4,7-8,11-22,31,34H,5-6,9-10,23-25H2,1H3,(H,39,43)/t34-/m1/s1. The molecule has 0 radical (unpaired) electrons. The molecular formula is C36H37Cl2N3O4S. The molecule has 1 aliphatic carbocycles. The molecule has 7 nitrogen and oxygen atoms in total. The number of carbonyl (C=O) groups is 2. The van der Waals surface area contributed by atoms with Crippen LogP contribution in [0.3, 0.4) is 0 Å². The van der Waals surface area contributed by atoms with Gasteiger partial charge in [-0.05, 0) is 79.4 Å². The van der Waals surface area contributed by atoms with E-state index in [1.807, 2.05) is 37.3 Å². The van der Waals surface area contributed by atoms with Crippen LogP contribution in [0.1, 0.15) is 42.4 Å². The zero-order valence-electron chi connectivity index (χ0n) is 25.6. The summed E-state index contributed by atoms with van der Waals surface area (Å²) in [4.78, 5) is 30.2. The number of carbonyl (C=O) groups excluding carboxylic acids is 2. The Morgan fingerprint density at radius 2 is 1.39 bits per heavy atom. The number of hydrogen-bond donors (Lipinski definition) is 1. The smallest absolute Gasteiger partial charge is 0.264 e. The van der Waals surface area contributed by atoms with E-state index in [0.717, 1.165) is 46.7 Å². The Labute approximate surface area is 281 Å². The van der Waals surface area contributed by atoms with Crippen LogP contribution in [0.25, 0.3) is 0 Å². The molecule has 0 bridgehead atoms. The normalized spacial score (nSPS) is 14.1. The summed E-state index contributed by atoms with van der Waals surface area (Å²) in [5.74, 6) is -0.791. The second-order valence-electron chi connectivity index (χ2n) is 11.6. The molecule has 46 heavy (non-hydrogen) atoms. The maximum atomic E-state index is 14.6. The average Bonchev–Trinajstić information content (AvgIpc) is 3.56. The third-order valence-corrected chi connectivity index (χ3v) is 10.5. The molecule has 0 heterocycles. The SMILES string of the molecule is Cc1ccc(S(=O)(=O)N(CC(=O)N(Cc2ccc(Cl)cc2)[C@H](Cc2ccccc2)C(=O)NC2CCCC2)c2ccc(Cl)cc2)cc1. The topological polar surface area (TPSA) is 86.8 Å². The molecule has 0 unspecified atom stereocenters. The van der Waals surface area contributed by atoms with Gasteiger partial charge in [0.25, 0.3) is 10.0 Å². The van der Waals surface area contributed by atoms with Crippen molar-refractivity contribution in [3.05, 3.63) is 130 Å². The maximum Gasteiger partial charge on any atom is 0.264 e. The minimum absolute atomic E-state index is 0.0331. The molecule has 1 fully saturated rings. The first-order valence-corrected chi connectivity index (χ1v) is 17.5. The van der Waals surface area contributed by atoms with Gasteiger partial charge >= 0.3 is 0 Å². The lowest BCUT2D eigenvalue weighted by atomic mass is 10.0. The van der Waals surface area contributed by atoms with Crippen LogP contribution in [0.4, 0.5) is 5.69 Å². The minimum atomic E-state index is -4.19. The highest BCUT2D eigenvalue weighted by Gasteiger charge is 2.35. The fraction of sp³-hybridized carbons (Fsp3) is 0.278. The van der Waals surface area contributed by atoms with E-state index >= 15 is 0 Å². The highest BCUT2D eigenvalue weighted by atomic mass is 35.5. The molecule has 2 amide bonds. The Hall–Kier alpha value is -3.85. The summed E-state index contributed by atoms with van der Waals surface area (Å²) in [6.45, 7) is 1.41. The van der Waals surface area contributed by atoms with E-state index in [9.17, 15) is 18.0 Å². The number of sulfonamides is 1. The van der Waals surface area contributed by atoms with Gasteiger partial charge in [0.1, 0.15) is 12.6 Å². The highest BCUT2D eigenvalue weighted by Crippen LogP contribution is 2.27. The van der Waals surface area contributed by atoms with Gasteiger partial charge in [0.15, 0.2) is 0 Å². The second kappa shape index (κ2) is 15.2. The van der Waals surface area contributed by atoms with Crippen LogP contribution < -0.4 is 9.62 Å². The van der Waals surface area contributed by atoms with Crippen LogP contribution in [0.5, 0.6) is 0 Å². The lowest BCUT2D eigenvalue weighted by molar-refractivity contribution is -0.140. The fourth-order valence-electron chi connectivity index (χ4n) is 5.68. The van der Waals surface area contributed by atoms with Gasteiger partial charge in [-0.15, -0.1) is 0 Å². The molecule has 1 N–H and O–H groups in total. The first-order chi connectivity index (χ1) is 22.1. The lowest BCUT2D eigenvalue weighted by Crippen LogP contribution is -2.54. The summed E-state index contributed by atoms with van der Waals surface area (Å²) < 4.78 is 29.4. The second-order valence-corrected chi connectivity index (χ2v) is 14.4. The van der Waals surface area contributed by atoms with Gasteiger partial charge in [0, 0.05) is 29.1 Å². The fourth-order valence-corrected chi connectivity index (χ4v) is 7.35. The molecule has 0 spiro atoms. The van der Waals surface area contributed by atoms with Crippen LogP contribution in [0.2, 0.25) is 10.0 Å². The Morgan fingerprint density at radius 3 is 2.00 bits per heavy atom. The van der Waals surface area contributed by atoms with E-state index < -0.39 is 28.5 Å². The number of nitrogens with one attached hydrogen (secondary N) is 1. The van der Waals surface area contributed by atoms with E-state index in [4.69, 9.17) is 23.2 Å². The highest BCUT2D eigenvalue weighted by molar-refractivity contribution is 7.92.